The molecule has 0 saturated heterocycles. The van der Waals surface area contributed by atoms with Crippen LogP contribution in [0.4, 0.5) is 0 Å². The Morgan fingerprint density at radius 2 is 1.33 bits per heavy atom. The van der Waals surface area contributed by atoms with E-state index in [9.17, 15) is 0 Å². The first-order valence-corrected chi connectivity index (χ1v) is 3.37. The fourth-order valence-electron chi connectivity index (χ4n) is 1.05. The van der Waals surface area contributed by atoms with Gasteiger partial charge >= 0.3 is 0 Å². The van der Waals surface area contributed by atoms with Gasteiger partial charge in [-0.3, -0.25) is 0 Å². The summed E-state index contributed by atoms with van der Waals surface area (Å²) in [5.74, 6) is 0.184. The van der Waals surface area contributed by atoms with Gasteiger partial charge < -0.3 is 5.11 Å². The van der Waals surface area contributed by atoms with Crippen molar-refractivity contribution in [3.05, 3.63) is 42.5 Å². The van der Waals surface area contributed by atoms with E-state index in [0.29, 0.717) is 0 Å². The second kappa shape index (κ2) is 23.2. The van der Waals surface area contributed by atoms with Gasteiger partial charge in [-0.25, -0.2) is 0 Å². The van der Waals surface area contributed by atoms with Crippen LogP contribution in [0.15, 0.2) is 30.3 Å². The van der Waals surface area contributed by atoms with E-state index in [1.54, 1.807) is 12.1 Å². The molecule has 1 N–H and O–H groups in total. The molecule has 0 aliphatic carbocycles. The Kier molecular flexibility index (Phi) is 50.8. The van der Waals surface area contributed by atoms with E-state index in [4.69, 9.17) is 5.11 Å². The van der Waals surface area contributed by atoms with Crippen LogP contribution in [0.25, 0.3) is 10.8 Å². The van der Waals surface area contributed by atoms with E-state index < -0.39 is 0 Å². The first-order chi connectivity index (χ1) is 5.36. The van der Waals surface area contributed by atoms with Crippen LogP contribution in [0, 0.1) is 12.1 Å². The van der Waals surface area contributed by atoms with Crippen LogP contribution in [0.2, 0.25) is 0 Å². The SMILES string of the molecule is Oc1[c-]cc2c[c-]ccc2c1.[Y].[Y].[Y].[Y].[Y].[Y].[Y]. The number of phenols is 1. The molecule has 0 atom stereocenters. The molecule has 0 fully saturated rings. The Balaban J connectivity index is -0.0000000514. The average molecular weight is 764 g/mol. The van der Waals surface area contributed by atoms with Crippen LogP contribution in [-0.2, 0) is 229 Å². The Hall–Kier alpha value is 6.23. The van der Waals surface area contributed by atoms with Crippen molar-refractivity contribution in [3.63, 3.8) is 0 Å². The molecule has 7 radical (unpaired) electrons. The monoisotopic (exact) mass is 764 g/mol. The molecule has 2 rings (SSSR count). The summed E-state index contributed by atoms with van der Waals surface area (Å²) in [6, 6.07) is 14.7. The van der Waals surface area contributed by atoms with Crippen molar-refractivity contribution < 1.29 is 234 Å². The smallest absolute Gasteiger partial charge is 0.00358 e. The van der Waals surface area contributed by atoms with E-state index in [1.165, 1.54) is 0 Å². The minimum atomic E-state index is 0. The average Bonchev–Trinajstić information content (AvgIpc) is 2.04. The maximum Gasteiger partial charge on any atom is 0.00358 e. The summed E-state index contributed by atoms with van der Waals surface area (Å²) < 4.78 is 0. The maximum atomic E-state index is 9.06. The Morgan fingerprint density at radius 3 is 1.89 bits per heavy atom. The largest absolute Gasteiger partial charge is 0.534 e. The summed E-state index contributed by atoms with van der Waals surface area (Å²) >= 11 is 0. The fourth-order valence-corrected chi connectivity index (χ4v) is 1.05. The minimum absolute atomic E-state index is 0. The molecule has 0 aliphatic heterocycles. The third kappa shape index (κ3) is 14.6. The van der Waals surface area contributed by atoms with E-state index in [2.05, 4.69) is 12.1 Å². The molecule has 0 saturated carbocycles. The van der Waals surface area contributed by atoms with Crippen molar-refractivity contribution in [1.82, 2.24) is 0 Å². The zero-order valence-electron chi connectivity index (χ0n) is 9.88. The summed E-state index contributed by atoms with van der Waals surface area (Å²) in [7, 11) is 0. The molecular formula is C10H6OY7-2. The van der Waals surface area contributed by atoms with Crippen molar-refractivity contribution in [2.45, 2.75) is 0 Å². The molecule has 2 aromatic rings. The van der Waals surface area contributed by atoms with E-state index in [1.807, 2.05) is 18.2 Å². The third-order valence-corrected chi connectivity index (χ3v) is 1.60. The number of hydrogen-bond donors (Lipinski definition) is 1. The van der Waals surface area contributed by atoms with Crippen LogP contribution >= 0.6 is 0 Å². The first kappa shape index (κ1) is 39.3. The molecule has 75 valence electrons. The Morgan fingerprint density at radius 1 is 0.778 bits per heavy atom. The second-order valence-electron chi connectivity index (χ2n) is 2.37. The molecule has 1 nitrogen and oxygen atoms in total. The third-order valence-electron chi connectivity index (χ3n) is 1.60. The van der Waals surface area contributed by atoms with Crippen molar-refractivity contribution in [1.29, 1.82) is 0 Å². The zero-order valence-corrected chi connectivity index (χ0v) is 29.7. The van der Waals surface area contributed by atoms with Gasteiger partial charge in [0.15, 0.2) is 0 Å². The molecule has 0 amide bonds. The number of rotatable bonds is 0. The van der Waals surface area contributed by atoms with Crippen molar-refractivity contribution in [2.24, 2.45) is 0 Å². The summed E-state index contributed by atoms with van der Waals surface area (Å²) in [6.45, 7) is 0. The van der Waals surface area contributed by atoms with Crippen LogP contribution < -0.4 is 0 Å². The molecule has 0 aliphatic rings. The summed E-state index contributed by atoms with van der Waals surface area (Å²) in [5.41, 5.74) is 0. The minimum Gasteiger partial charge on any atom is -0.534 e. The molecule has 0 spiro atoms. The van der Waals surface area contributed by atoms with Gasteiger partial charge in [0.25, 0.3) is 0 Å². The fraction of sp³-hybridized carbons (Fsp3) is 0. The van der Waals surface area contributed by atoms with E-state index >= 15 is 0 Å². The van der Waals surface area contributed by atoms with Crippen LogP contribution in [0.1, 0.15) is 0 Å². The summed E-state index contributed by atoms with van der Waals surface area (Å²) in [5, 5.41) is 11.1. The number of hydrogen-bond acceptors (Lipinski definition) is 1. The number of benzene rings is 2. The zero-order chi connectivity index (χ0) is 7.68. The molecule has 2 aromatic carbocycles. The van der Waals surface area contributed by atoms with Gasteiger partial charge in [0.1, 0.15) is 0 Å². The molecule has 0 heterocycles. The standard InChI is InChI=1S/C10H6O.7Y/c11-10-6-5-8-3-1-2-4-9(8)7-10;;;;;;;/h2-5,7,11H;;;;;;;/q-2;;;;;;;. The van der Waals surface area contributed by atoms with E-state index in [0.717, 1.165) is 10.8 Å². The summed E-state index contributed by atoms with van der Waals surface area (Å²) in [4.78, 5) is 0. The van der Waals surface area contributed by atoms with Crippen molar-refractivity contribution in [2.75, 3.05) is 0 Å². The molecular weight excluding hydrogens is 758 g/mol. The van der Waals surface area contributed by atoms with Crippen LogP contribution in [-0.4, -0.2) is 5.11 Å². The van der Waals surface area contributed by atoms with Crippen LogP contribution in [0.3, 0.4) is 0 Å². The maximum absolute atomic E-state index is 9.06. The van der Waals surface area contributed by atoms with Crippen molar-refractivity contribution >= 4 is 10.8 Å². The van der Waals surface area contributed by atoms with Gasteiger partial charge in [0.2, 0.25) is 0 Å². The van der Waals surface area contributed by atoms with Crippen LogP contribution in [0.5, 0.6) is 5.75 Å². The summed E-state index contributed by atoms with van der Waals surface area (Å²) in [6.07, 6.45) is 0. The predicted octanol–water partition coefficient (Wildman–Crippen LogP) is 2.13. The van der Waals surface area contributed by atoms with Gasteiger partial charge in [-0.2, -0.15) is 41.1 Å². The molecule has 0 aromatic heterocycles. The Labute approximate surface area is 285 Å². The first-order valence-electron chi connectivity index (χ1n) is 3.37. The molecule has 0 bridgehead atoms. The van der Waals surface area contributed by atoms with Gasteiger partial charge in [0.05, 0.1) is 0 Å². The predicted molar refractivity (Wildman–Crippen MR) is 43.3 cm³/mol. The van der Waals surface area contributed by atoms with Gasteiger partial charge in [0, 0.05) is 235 Å². The molecule has 0 unspecified atom stereocenters. The van der Waals surface area contributed by atoms with E-state index in [-0.39, 0.29) is 235 Å². The Bertz CT molecular complexity index is 397. The van der Waals surface area contributed by atoms with Gasteiger partial charge in [-0.15, -0.1) is 12.1 Å². The number of aromatic hydroxyl groups is 1. The molecule has 18 heavy (non-hydrogen) atoms. The van der Waals surface area contributed by atoms with Crippen molar-refractivity contribution in [3.8, 4) is 5.75 Å². The second-order valence-corrected chi connectivity index (χ2v) is 2.37. The topological polar surface area (TPSA) is 20.2 Å². The quantitative estimate of drug-likeness (QED) is 0.409. The molecule has 8 heteroatoms. The normalized spacial score (nSPS) is 6.22. The number of phenolic OH excluding ortho intramolecular Hbond substituents is 1. The van der Waals surface area contributed by atoms with Gasteiger partial charge in [-0.05, 0) is 0 Å². The van der Waals surface area contributed by atoms with Gasteiger partial charge in [-0.1, -0.05) is 0 Å². The number of fused-ring (bicyclic) bond motifs is 1.